The summed E-state index contributed by atoms with van der Waals surface area (Å²) >= 11 is 1.29. The van der Waals surface area contributed by atoms with Gasteiger partial charge in [0.1, 0.15) is 0 Å². The molecule has 0 spiro atoms. The summed E-state index contributed by atoms with van der Waals surface area (Å²) in [4.78, 5) is 16.5. The van der Waals surface area contributed by atoms with E-state index in [1.54, 1.807) is 6.26 Å². The van der Waals surface area contributed by atoms with E-state index in [2.05, 4.69) is 10.1 Å². The minimum absolute atomic E-state index is 0.0168. The first-order valence-electron chi connectivity index (χ1n) is 6.17. The average molecular weight is 324 g/mol. The molecule has 0 saturated carbocycles. The molecule has 118 valence electrons. The van der Waals surface area contributed by atoms with Gasteiger partial charge in [-0.05, 0) is 18.4 Å². The van der Waals surface area contributed by atoms with Crippen LogP contribution in [0.2, 0.25) is 0 Å². The van der Waals surface area contributed by atoms with E-state index in [9.17, 15) is 4.79 Å². The molecule has 0 bridgehead atoms. The van der Waals surface area contributed by atoms with Crippen LogP contribution in [0.5, 0.6) is 17.2 Å². The Hall–Kier alpha value is -2.42. The minimum atomic E-state index is -0.440. The molecule has 2 N–H and O–H groups in total. The Morgan fingerprint density at radius 1 is 1.18 bits per heavy atom. The largest absolute Gasteiger partial charge is 0.493 e. The molecule has 9 heteroatoms. The van der Waals surface area contributed by atoms with E-state index in [0.717, 1.165) is 4.68 Å². The van der Waals surface area contributed by atoms with Gasteiger partial charge in [-0.2, -0.15) is 9.67 Å². The highest BCUT2D eigenvalue weighted by Gasteiger charge is 2.21. The lowest BCUT2D eigenvalue weighted by atomic mass is 10.1. The maximum atomic E-state index is 12.6. The predicted octanol–water partition coefficient (Wildman–Crippen LogP) is 1.30. The lowest BCUT2D eigenvalue weighted by Crippen LogP contribution is -2.16. The van der Waals surface area contributed by atoms with E-state index in [1.165, 1.54) is 45.2 Å². The summed E-state index contributed by atoms with van der Waals surface area (Å²) in [6.45, 7) is 0. The third kappa shape index (κ3) is 2.80. The molecule has 0 aliphatic rings. The topological polar surface area (TPSA) is 101 Å². The van der Waals surface area contributed by atoms with Crippen molar-refractivity contribution in [2.75, 3.05) is 33.3 Å². The quantitative estimate of drug-likeness (QED) is 0.821. The SMILES string of the molecule is COc1cc(C(=O)n2nc(SC)nc2N)cc(OC)c1OC. The van der Waals surface area contributed by atoms with Crippen molar-refractivity contribution in [2.45, 2.75) is 5.16 Å². The van der Waals surface area contributed by atoms with Crippen LogP contribution in [0.25, 0.3) is 0 Å². The number of carbonyl (C=O) groups is 1. The molecule has 22 heavy (non-hydrogen) atoms. The molecule has 1 aromatic heterocycles. The van der Waals surface area contributed by atoms with Gasteiger partial charge in [-0.15, -0.1) is 5.10 Å². The molecule has 2 rings (SSSR count). The lowest BCUT2D eigenvalue weighted by molar-refractivity contribution is 0.0945. The number of rotatable bonds is 5. The van der Waals surface area contributed by atoms with E-state index >= 15 is 0 Å². The van der Waals surface area contributed by atoms with Crippen LogP contribution in [0, 0.1) is 0 Å². The number of ether oxygens (including phenoxy) is 3. The summed E-state index contributed by atoms with van der Waals surface area (Å²) in [6, 6.07) is 3.06. The fourth-order valence-corrected chi connectivity index (χ4v) is 2.22. The number of nitrogens with zero attached hydrogens (tertiary/aromatic N) is 3. The first-order valence-corrected chi connectivity index (χ1v) is 7.39. The van der Waals surface area contributed by atoms with Crippen molar-refractivity contribution >= 4 is 23.6 Å². The molecule has 0 aliphatic carbocycles. The number of benzene rings is 1. The summed E-state index contributed by atoms with van der Waals surface area (Å²) in [5.41, 5.74) is 6.01. The molecule has 0 aliphatic heterocycles. The molecule has 1 aromatic carbocycles. The van der Waals surface area contributed by atoms with Crippen molar-refractivity contribution in [3.05, 3.63) is 17.7 Å². The van der Waals surface area contributed by atoms with Crippen LogP contribution in [-0.4, -0.2) is 48.3 Å². The summed E-state index contributed by atoms with van der Waals surface area (Å²) in [7, 11) is 4.43. The summed E-state index contributed by atoms with van der Waals surface area (Å²) in [5, 5.41) is 4.45. The first-order chi connectivity index (χ1) is 10.5. The Morgan fingerprint density at radius 3 is 2.18 bits per heavy atom. The molecule has 0 amide bonds. The number of nitrogen functional groups attached to an aromatic ring is 1. The van der Waals surface area contributed by atoms with Gasteiger partial charge in [0.05, 0.1) is 21.3 Å². The Bertz CT molecular complexity index is 676. The lowest BCUT2D eigenvalue weighted by Gasteiger charge is -2.13. The van der Waals surface area contributed by atoms with Crippen molar-refractivity contribution in [2.24, 2.45) is 0 Å². The second-order valence-electron chi connectivity index (χ2n) is 4.09. The van der Waals surface area contributed by atoms with E-state index < -0.39 is 5.91 Å². The zero-order valence-corrected chi connectivity index (χ0v) is 13.4. The second-order valence-corrected chi connectivity index (χ2v) is 4.86. The van der Waals surface area contributed by atoms with Crippen molar-refractivity contribution in [3.8, 4) is 17.2 Å². The average Bonchev–Trinajstić information content (AvgIpc) is 2.93. The van der Waals surface area contributed by atoms with Crippen molar-refractivity contribution in [1.29, 1.82) is 0 Å². The summed E-state index contributed by atoms with van der Waals surface area (Å²) in [5.74, 6) is 0.716. The number of carbonyl (C=O) groups excluding carboxylic acids is 1. The molecule has 0 radical (unpaired) electrons. The smallest absolute Gasteiger partial charge is 0.281 e. The number of hydrogen-bond donors (Lipinski definition) is 1. The fourth-order valence-electron chi connectivity index (χ4n) is 1.87. The van der Waals surface area contributed by atoms with Crippen LogP contribution >= 0.6 is 11.8 Å². The van der Waals surface area contributed by atoms with Gasteiger partial charge in [0.25, 0.3) is 5.91 Å². The number of hydrogen-bond acceptors (Lipinski definition) is 8. The van der Waals surface area contributed by atoms with Crippen LogP contribution < -0.4 is 19.9 Å². The Kier molecular flexibility index (Phi) is 4.76. The Morgan fingerprint density at radius 2 is 1.77 bits per heavy atom. The minimum Gasteiger partial charge on any atom is -0.493 e. The standard InChI is InChI=1S/C13H16N4O4S/c1-19-8-5-7(6-9(20-2)10(8)21-3)11(18)17-12(14)15-13(16-17)22-4/h5-6H,1-4H3,(H2,14,15,16). The first kappa shape index (κ1) is 16.0. The molecule has 0 saturated heterocycles. The Balaban J connectivity index is 2.51. The van der Waals surface area contributed by atoms with Gasteiger partial charge in [-0.3, -0.25) is 4.79 Å². The summed E-state index contributed by atoms with van der Waals surface area (Å²) < 4.78 is 16.7. The van der Waals surface area contributed by atoms with Gasteiger partial charge >= 0.3 is 0 Å². The highest BCUT2D eigenvalue weighted by molar-refractivity contribution is 7.98. The van der Waals surface area contributed by atoms with E-state index in [-0.39, 0.29) is 5.95 Å². The van der Waals surface area contributed by atoms with E-state index in [1.807, 2.05) is 0 Å². The molecular weight excluding hydrogens is 308 g/mol. The molecule has 1 heterocycles. The van der Waals surface area contributed by atoms with Crippen LogP contribution in [0.3, 0.4) is 0 Å². The maximum Gasteiger partial charge on any atom is 0.281 e. The number of aromatic nitrogens is 3. The normalized spacial score (nSPS) is 10.4. The molecule has 0 fully saturated rings. The highest BCUT2D eigenvalue weighted by Crippen LogP contribution is 2.38. The van der Waals surface area contributed by atoms with Gasteiger partial charge in [0.15, 0.2) is 11.5 Å². The van der Waals surface area contributed by atoms with Gasteiger partial charge in [0, 0.05) is 5.56 Å². The monoisotopic (exact) mass is 324 g/mol. The highest BCUT2D eigenvalue weighted by atomic mass is 32.2. The zero-order chi connectivity index (χ0) is 16.3. The van der Waals surface area contributed by atoms with Crippen molar-refractivity contribution < 1.29 is 19.0 Å². The predicted molar refractivity (Wildman–Crippen MR) is 82.0 cm³/mol. The van der Waals surface area contributed by atoms with Crippen molar-refractivity contribution in [3.63, 3.8) is 0 Å². The van der Waals surface area contributed by atoms with Gasteiger partial charge in [0.2, 0.25) is 16.9 Å². The van der Waals surface area contributed by atoms with E-state index in [0.29, 0.717) is 28.0 Å². The van der Waals surface area contributed by atoms with Gasteiger partial charge in [-0.1, -0.05) is 11.8 Å². The number of nitrogens with two attached hydrogens (primary N) is 1. The van der Waals surface area contributed by atoms with Crippen LogP contribution in [-0.2, 0) is 0 Å². The van der Waals surface area contributed by atoms with Crippen molar-refractivity contribution in [1.82, 2.24) is 14.8 Å². The van der Waals surface area contributed by atoms with Gasteiger partial charge < -0.3 is 19.9 Å². The number of thioether (sulfide) groups is 1. The van der Waals surface area contributed by atoms with Crippen LogP contribution in [0.4, 0.5) is 5.95 Å². The zero-order valence-electron chi connectivity index (χ0n) is 12.6. The molecule has 2 aromatic rings. The molecule has 0 atom stereocenters. The second kappa shape index (κ2) is 6.56. The molecule has 0 unspecified atom stereocenters. The molecule has 8 nitrogen and oxygen atoms in total. The number of methoxy groups -OCH3 is 3. The van der Waals surface area contributed by atoms with Crippen LogP contribution in [0.15, 0.2) is 17.3 Å². The Labute approximate surface area is 131 Å². The van der Waals surface area contributed by atoms with E-state index in [4.69, 9.17) is 19.9 Å². The third-order valence-corrected chi connectivity index (χ3v) is 3.44. The maximum absolute atomic E-state index is 12.6. The number of anilines is 1. The van der Waals surface area contributed by atoms with Gasteiger partial charge in [-0.25, -0.2) is 0 Å². The van der Waals surface area contributed by atoms with Crippen LogP contribution in [0.1, 0.15) is 10.4 Å². The third-order valence-electron chi connectivity index (χ3n) is 2.90. The fraction of sp³-hybridized carbons (Fsp3) is 0.308. The summed E-state index contributed by atoms with van der Waals surface area (Å²) in [6.07, 6.45) is 1.79. The molecular formula is C13H16N4O4S.